The van der Waals surface area contributed by atoms with Gasteiger partial charge >= 0.3 is 0 Å². The van der Waals surface area contributed by atoms with Crippen molar-refractivity contribution >= 4 is 15.8 Å². The number of hydrogen-bond acceptors (Lipinski definition) is 5. The summed E-state index contributed by atoms with van der Waals surface area (Å²) >= 11 is 0. The van der Waals surface area contributed by atoms with E-state index in [1.165, 1.54) is 18.2 Å². The van der Waals surface area contributed by atoms with Gasteiger partial charge in [0.1, 0.15) is 10.7 Å². The zero-order valence-electron chi connectivity index (χ0n) is 18.2. The zero-order valence-corrected chi connectivity index (χ0v) is 19.0. The smallest absolute Gasteiger partial charge is 0.191 e. The van der Waals surface area contributed by atoms with Gasteiger partial charge in [-0.25, -0.2) is 12.8 Å². The number of aliphatic imine (C=N–C) groups is 1. The highest BCUT2D eigenvalue weighted by atomic mass is 32.2. The highest BCUT2D eigenvalue weighted by Gasteiger charge is 2.27. The largest absolute Gasteiger partial charge is 0.379 e. The van der Waals surface area contributed by atoms with Crippen molar-refractivity contribution in [3.05, 3.63) is 30.1 Å². The van der Waals surface area contributed by atoms with Crippen LogP contribution >= 0.6 is 0 Å². The first-order valence-corrected chi connectivity index (χ1v) is 12.3. The van der Waals surface area contributed by atoms with E-state index in [9.17, 15) is 12.8 Å². The molecule has 1 aromatic rings. The molecule has 0 saturated carbocycles. The molecule has 1 aliphatic rings. The second-order valence-electron chi connectivity index (χ2n) is 7.42. The fraction of sp³-hybridized carbons (Fsp3) is 0.667. The summed E-state index contributed by atoms with van der Waals surface area (Å²) in [6.45, 7) is 8.60. The average Bonchev–Trinajstić information content (AvgIpc) is 2.76. The lowest BCUT2D eigenvalue weighted by Crippen LogP contribution is -2.53. The number of rotatable bonds is 10. The van der Waals surface area contributed by atoms with Crippen LogP contribution in [-0.2, 0) is 14.6 Å². The number of sulfone groups is 1. The van der Waals surface area contributed by atoms with Crippen LogP contribution in [-0.4, -0.2) is 77.5 Å². The fourth-order valence-corrected chi connectivity index (χ4v) is 5.11. The predicted octanol–water partition coefficient (Wildman–Crippen LogP) is 1.90. The van der Waals surface area contributed by atoms with Gasteiger partial charge < -0.3 is 15.4 Å². The van der Waals surface area contributed by atoms with Crippen molar-refractivity contribution in [2.45, 2.75) is 37.6 Å². The maximum atomic E-state index is 13.8. The Bertz CT molecular complexity index is 778. The maximum Gasteiger partial charge on any atom is 0.191 e. The molecular weight excluding hydrogens is 407 g/mol. The Labute approximate surface area is 180 Å². The molecule has 0 bridgehead atoms. The molecule has 170 valence electrons. The van der Waals surface area contributed by atoms with E-state index in [1.54, 1.807) is 7.05 Å². The summed E-state index contributed by atoms with van der Waals surface area (Å²) in [4.78, 5) is 6.40. The number of nitrogens with zero attached hydrogens (tertiary/aromatic N) is 2. The number of morpholine rings is 1. The van der Waals surface area contributed by atoms with Crippen molar-refractivity contribution in [1.82, 2.24) is 15.5 Å². The Morgan fingerprint density at radius 1 is 1.20 bits per heavy atom. The summed E-state index contributed by atoms with van der Waals surface area (Å²) in [7, 11) is -2.05. The highest BCUT2D eigenvalue weighted by Crippen LogP contribution is 2.19. The topological polar surface area (TPSA) is 83.0 Å². The number of nitrogens with one attached hydrogen (secondary N) is 2. The molecule has 0 amide bonds. The Balaban J connectivity index is 1.91. The van der Waals surface area contributed by atoms with E-state index in [2.05, 4.69) is 34.4 Å². The van der Waals surface area contributed by atoms with Gasteiger partial charge in [0.15, 0.2) is 15.8 Å². The normalized spacial score (nSPS) is 17.2. The second-order valence-corrected chi connectivity index (χ2v) is 9.50. The van der Waals surface area contributed by atoms with Crippen molar-refractivity contribution in [1.29, 1.82) is 0 Å². The lowest BCUT2D eigenvalue weighted by atomic mass is 9.92. The molecule has 30 heavy (non-hydrogen) atoms. The third-order valence-corrected chi connectivity index (χ3v) is 7.39. The molecule has 1 unspecified atom stereocenters. The van der Waals surface area contributed by atoms with Crippen LogP contribution in [0.4, 0.5) is 4.39 Å². The van der Waals surface area contributed by atoms with Gasteiger partial charge in [0.25, 0.3) is 0 Å². The minimum atomic E-state index is -3.71. The molecule has 0 aromatic heterocycles. The van der Waals surface area contributed by atoms with Crippen molar-refractivity contribution in [3.63, 3.8) is 0 Å². The van der Waals surface area contributed by atoms with Gasteiger partial charge in [0.2, 0.25) is 0 Å². The molecule has 9 heteroatoms. The molecule has 1 aliphatic heterocycles. The number of hydrogen-bond donors (Lipinski definition) is 2. The van der Waals surface area contributed by atoms with Gasteiger partial charge in [0, 0.05) is 39.3 Å². The minimum absolute atomic E-state index is 0.142. The van der Waals surface area contributed by atoms with E-state index in [-0.39, 0.29) is 17.2 Å². The quantitative estimate of drug-likeness (QED) is 0.425. The van der Waals surface area contributed by atoms with E-state index in [0.717, 1.165) is 45.2 Å². The van der Waals surface area contributed by atoms with Crippen LogP contribution in [0.15, 0.2) is 34.2 Å². The predicted molar refractivity (Wildman–Crippen MR) is 118 cm³/mol. The van der Waals surface area contributed by atoms with Crippen LogP contribution in [0.2, 0.25) is 0 Å². The number of ether oxygens (including phenoxy) is 1. The lowest BCUT2D eigenvalue weighted by molar-refractivity contribution is 0.00272. The van der Waals surface area contributed by atoms with Crippen molar-refractivity contribution in [2.24, 2.45) is 10.9 Å². The van der Waals surface area contributed by atoms with E-state index in [0.29, 0.717) is 24.5 Å². The molecule has 1 fully saturated rings. The Kier molecular flexibility index (Phi) is 10.0. The minimum Gasteiger partial charge on any atom is -0.379 e. The summed E-state index contributed by atoms with van der Waals surface area (Å²) in [5.74, 6) is 0.158. The molecule has 1 saturated heterocycles. The third kappa shape index (κ3) is 6.92. The molecule has 1 aromatic carbocycles. The molecular formula is C21H35FN4O3S. The molecule has 0 radical (unpaired) electrons. The van der Waals surface area contributed by atoms with Gasteiger partial charge in [-0.3, -0.25) is 9.89 Å². The first-order valence-electron chi connectivity index (χ1n) is 10.7. The zero-order chi connectivity index (χ0) is 22.0. The van der Waals surface area contributed by atoms with Gasteiger partial charge in [-0.2, -0.15) is 0 Å². The van der Waals surface area contributed by atoms with Gasteiger partial charge in [-0.15, -0.1) is 0 Å². The Morgan fingerprint density at radius 3 is 2.47 bits per heavy atom. The summed E-state index contributed by atoms with van der Waals surface area (Å²) in [6, 6.07) is 5.80. The average molecular weight is 443 g/mol. The van der Waals surface area contributed by atoms with Crippen LogP contribution in [0.25, 0.3) is 0 Å². The summed E-state index contributed by atoms with van der Waals surface area (Å²) < 4.78 is 44.1. The Hall–Kier alpha value is -1.71. The molecule has 1 atom stereocenters. The number of guanidine groups is 1. The number of halogens is 1. The molecule has 0 aliphatic carbocycles. The molecule has 7 nitrogen and oxygen atoms in total. The van der Waals surface area contributed by atoms with Gasteiger partial charge in [0.05, 0.1) is 19.0 Å². The van der Waals surface area contributed by atoms with Crippen molar-refractivity contribution < 1.29 is 17.5 Å². The molecule has 2 rings (SSSR count). The molecule has 1 heterocycles. The number of benzene rings is 1. The summed E-state index contributed by atoms with van der Waals surface area (Å²) in [5.41, 5.74) is 0. The van der Waals surface area contributed by atoms with E-state index < -0.39 is 15.7 Å². The standard InChI is InChI=1S/C21H35FN4O3S/c1-4-17(5-2)19(26-11-13-29-14-12-26)16-25-21(23-3)24-10-15-30(27,28)20-9-7-6-8-18(20)22/h6-9,17,19H,4-5,10-16H2,1-3H3,(H2,23,24,25). The lowest BCUT2D eigenvalue weighted by Gasteiger charge is -2.39. The monoisotopic (exact) mass is 442 g/mol. The second kappa shape index (κ2) is 12.2. The Morgan fingerprint density at radius 2 is 1.87 bits per heavy atom. The molecule has 2 N–H and O–H groups in total. The van der Waals surface area contributed by atoms with Crippen molar-refractivity contribution in [3.8, 4) is 0 Å². The van der Waals surface area contributed by atoms with Gasteiger partial charge in [-0.05, 0) is 18.1 Å². The first kappa shape index (κ1) is 24.6. The highest BCUT2D eigenvalue weighted by molar-refractivity contribution is 7.91. The van der Waals surface area contributed by atoms with Gasteiger partial charge in [-0.1, -0.05) is 38.8 Å². The van der Waals surface area contributed by atoms with Crippen molar-refractivity contribution in [2.75, 3.05) is 52.2 Å². The van der Waals surface area contributed by atoms with Crippen LogP contribution in [0.3, 0.4) is 0 Å². The van der Waals surface area contributed by atoms with Crippen LogP contribution in [0.5, 0.6) is 0 Å². The summed E-state index contributed by atoms with van der Waals surface area (Å²) in [5, 5.41) is 6.38. The van der Waals surface area contributed by atoms with Crippen LogP contribution in [0.1, 0.15) is 26.7 Å². The van der Waals surface area contributed by atoms with Crippen LogP contribution < -0.4 is 10.6 Å². The van der Waals surface area contributed by atoms with E-state index in [4.69, 9.17) is 4.74 Å². The SMILES string of the molecule is CCC(CC)C(CNC(=NC)NCCS(=O)(=O)c1ccccc1F)N1CCOCC1. The third-order valence-electron chi connectivity index (χ3n) is 5.64. The summed E-state index contributed by atoms with van der Waals surface area (Å²) in [6.07, 6.45) is 2.18. The maximum absolute atomic E-state index is 13.8. The fourth-order valence-electron chi connectivity index (χ4n) is 3.87. The molecule has 0 spiro atoms. The first-order chi connectivity index (χ1) is 14.4. The van der Waals surface area contributed by atoms with E-state index >= 15 is 0 Å². The van der Waals surface area contributed by atoms with Crippen LogP contribution in [0, 0.1) is 11.7 Å². The van der Waals surface area contributed by atoms with E-state index in [1.807, 2.05) is 0 Å².